The maximum absolute atomic E-state index is 12.9. The van der Waals surface area contributed by atoms with Gasteiger partial charge in [0.05, 0.1) is 5.69 Å². The van der Waals surface area contributed by atoms with Gasteiger partial charge in [0, 0.05) is 17.7 Å². The van der Waals surface area contributed by atoms with Crippen molar-refractivity contribution in [2.24, 2.45) is 0 Å². The standard InChI is InChI=1S/C13H7FN2O2/c14-8-3-4-9(12(17)6-8)10-7-11(16-15-10)13-2-1-5-18-13/h2-4,6-7,17H,(H,15,16). The van der Waals surface area contributed by atoms with Crippen LogP contribution in [0.4, 0.5) is 4.39 Å². The molecule has 5 heteroatoms. The summed E-state index contributed by atoms with van der Waals surface area (Å²) in [5, 5.41) is 16.5. The van der Waals surface area contributed by atoms with Crippen molar-refractivity contribution < 1.29 is 13.9 Å². The molecule has 3 rings (SSSR count). The van der Waals surface area contributed by atoms with E-state index in [2.05, 4.69) is 22.5 Å². The zero-order valence-corrected chi connectivity index (χ0v) is 9.07. The number of hydrogen-bond donors (Lipinski definition) is 2. The molecular formula is C13H7FN2O2. The highest BCUT2D eigenvalue weighted by atomic mass is 19.1. The summed E-state index contributed by atoms with van der Waals surface area (Å²) in [7, 11) is 0. The minimum atomic E-state index is -0.498. The number of halogens is 1. The van der Waals surface area contributed by atoms with Crippen molar-refractivity contribution in [3.8, 4) is 28.5 Å². The largest absolute Gasteiger partial charge is 0.507 e. The van der Waals surface area contributed by atoms with Crippen LogP contribution in [0.2, 0.25) is 0 Å². The Kier molecular flexibility index (Phi) is 2.27. The number of H-pyrrole nitrogens is 1. The summed E-state index contributed by atoms with van der Waals surface area (Å²) in [4.78, 5) is 0. The van der Waals surface area contributed by atoms with Gasteiger partial charge in [0.2, 0.25) is 0 Å². The van der Waals surface area contributed by atoms with Crippen LogP contribution in [0.5, 0.6) is 5.75 Å². The lowest BCUT2D eigenvalue weighted by Crippen LogP contribution is -1.81. The summed E-state index contributed by atoms with van der Waals surface area (Å²) in [6.45, 7) is 0. The molecule has 0 atom stereocenters. The molecule has 88 valence electrons. The summed E-state index contributed by atoms with van der Waals surface area (Å²) < 4.78 is 17.9. The van der Waals surface area contributed by atoms with Gasteiger partial charge in [-0.3, -0.25) is 5.10 Å². The zero-order chi connectivity index (χ0) is 12.5. The Bertz CT molecular complexity index is 674. The van der Waals surface area contributed by atoms with Crippen LogP contribution < -0.4 is 0 Å². The lowest BCUT2D eigenvalue weighted by Gasteiger charge is -1.99. The van der Waals surface area contributed by atoms with Crippen molar-refractivity contribution in [3.63, 3.8) is 0 Å². The van der Waals surface area contributed by atoms with Crippen molar-refractivity contribution >= 4 is 0 Å². The Morgan fingerprint density at radius 1 is 1.33 bits per heavy atom. The fourth-order valence-corrected chi connectivity index (χ4v) is 1.65. The summed E-state index contributed by atoms with van der Waals surface area (Å²) in [5.74, 6) is -0.122. The van der Waals surface area contributed by atoms with Crippen LogP contribution in [0.25, 0.3) is 22.7 Å². The number of aromatic nitrogens is 2. The van der Waals surface area contributed by atoms with Crippen LogP contribution >= 0.6 is 0 Å². The smallest absolute Gasteiger partial charge is 0.173 e. The van der Waals surface area contributed by atoms with Gasteiger partial charge >= 0.3 is 0 Å². The molecule has 0 fully saturated rings. The number of phenols is 1. The number of benzene rings is 1. The van der Waals surface area contributed by atoms with Crippen molar-refractivity contribution in [2.75, 3.05) is 0 Å². The number of nitrogens with one attached hydrogen (secondary N) is 1. The number of aromatic hydroxyl groups is 1. The van der Waals surface area contributed by atoms with Gasteiger partial charge in [-0.25, -0.2) is 4.39 Å². The van der Waals surface area contributed by atoms with Crippen LogP contribution in [0, 0.1) is 18.1 Å². The molecule has 0 unspecified atom stereocenters. The van der Waals surface area contributed by atoms with E-state index in [0.717, 1.165) is 6.07 Å². The van der Waals surface area contributed by atoms with Crippen LogP contribution in [-0.2, 0) is 0 Å². The molecule has 0 bridgehead atoms. The van der Waals surface area contributed by atoms with Crippen LogP contribution in [0.3, 0.4) is 0 Å². The molecule has 0 aliphatic heterocycles. The number of aromatic amines is 1. The number of phenolic OH excluding ortho intramolecular Hbond substituents is 1. The Balaban J connectivity index is 2.03. The summed E-state index contributed by atoms with van der Waals surface area (Å²) in [6.07, 6.45) is 2.45. The third-order valence-corrected chi connectivity index (χ3v) is 2.50. The molecule has 0 spiro atoms. The lowest BCUT2D eigenvalue weighted by atomic mass is 10.1. The van der Waals surface area contributed by atoms with Gasteiger partial charge in [-0.1, -0.05) is 0 Å². The van der Waals surface area contributed by atoms with E-state index >= 15 is 0 Å². The topological polar surface area (TPSA) is 62.1 Å². The molecule has 0 amide bonds. The highest BCUT2D eigenvalue weighted by Crippen LogP contribution is 2.30. The average molecular weight is 242 g/mol. The SMILES string of the molecule is Oc1cc(F)ccc1-c1cc(-c2cc#co2)[nH]n1. The van der Waals surface area contributed by atoms with Gasteiger partial charge in [0.15, 0.2) is 5.76 Å². The molecule has 18 heavy (non-hydrogen) atoms. The number of hydrogen-bond acceptors (Lipinski definition) is 3. The van der Waals surface area contributed by atoms with Gasteiger partial charge in [0.25, 0.3) is 0 Å². The minimum absolute atomic E-state index is 0.161. The monoisotopic (exact) mass is 242 g/mol. The number of nitrogens with zero attached hydrogens (tertiary/aromatic N) is 1. The average Bonchev–Trinajstić information content (AvgIpc) is 2.99. The van der Waals surface area contributed by atoms with Crippen LogP contribution in [0.1, 0.15) is 0 Å². The van der Waals surface area contributed by atoms with E-state index in [4.69, 9.17) is 4.42 Å². The van der Waals surface area contributed by atoms with E-state index in [1.165, 1.54) is 12.1 Å². The molecule has 0 saturated heterocycles. The molecule has 2 aromatic heterocycles. The fourth-order valence-electron chi connectivity index (χ4n) is 1.65. The van der Waals surface area contributed by atoms with Crippen molar-refractivity contribution in [1.82, 2.24) is 10.2 Å². The van der Waals surface area contributed by atoms with Crippen molar-refractivity contribution in [3.05, 3.63) is 48.5 Å². The summed E-state index contributed by atoms with van der Waals surface area (Å²) in [6, 6.07) is 9.72. The second-order valence-electron chi connectivity index (χ2n) is 3.69. The first-order chi connectivity index (χ1) is 8.74. The second-order valence-corrected chi connectivity index (χ2v) is 3.69. The molecule has 2 N–H and O–H groups in total. The molecule has 0 aliphatic rings. The molecule has 3 aromatic rings. The van der Waals surface area contributed by atoms with Crippen LogP contribution in [-0.4, -0.2) is 15.3 Å². The first-order valence-electron chi connectivity index (χ1n) is 5.16. The third kappa shape index (κ3) is 1.70. The molecule has 0 radical (unpaired) electrons. The maximum Gasteiger partial charge on any atom is 0.173 e. The highest BCUT2D eigenvalue weighted by molar-refractivity contribution is 5.70. The first kappa shape index (κ1) is 10.4. The predicted molar refractivity (Wildman–Crippen MR) is 61.0 cm³/mol. The van der Waals surface area contributed by atoms with Gasteiger partial charge in [0.1, 0.15) is 23.5 Å². The Labute approximate surface area is 102 Å². The van der Waals surface area contributed by atoms with E-state index in [1.807, 2.05) is 0 Å². The maximum atomic E-state index is 12.9. The molecule has 1 aromatic carbocycles. The van der Waals surface area contributed by atoms with Crippen LogP contribution in [0.15, 0.2) is 34.7 Å². The Morgan fingerprint density at radius 2 is 2.22 bits per heavy atom. The van der Waals surface area contributed by atoms with Gasteiger partial charge in [-0.15, -0.1) is 0 Å². The summed E-state index contributed by atoms with van der Waals surface area (Å²) in [5.41, 5.74) is 1.57. The highest BCUT2D eigenvalue weighted by Gasteiger charge is 2.11. The molecule has 0 saturated carbocycles. The van der Waals surface area contributed by atoms with Gasteiger partial charge < -0.3 is 9.52 Å². The predicted octanol–water partition coefficient (Wildman–Crippen LogP) is 2.78. The van der Waals surface area contributed by atoms with E-state index in [-0.39, 0.29) is 5.75 Å². The van der Waals surface area contributed by atoms with Gasteiger partial charge in [-0.2, -0.15) is 5.10 Å². The third-order valence-electron chi connectivity index (χ3n) is 2.50. The molecule has 2 heterocycles. The zero-order valence-electron chi connectivity index (χ0n) is 9.07. The van der Waals surface area contributed by atoms with Gasteiger partial charge in [-0.05, 0) is 24.3 Å². The molecule has 4 nitrogen and oxygen atoms in total. The fraction of sp³-hybridized carbons (Fsp3) is 0. The van der Waals surface area contributed by atoms with Crippen molar-refractivity contribution in [1.29, 1.82) is 0 Å². The van der Waals surface area contributed by atoms with E-state index in [1.54, 1.807) is 12.1 Å². The molecular weight excluding hydrogens is 235 g/mol. The first-order valence-corrected chi connectivity index (χ1v) is 5.16. The lowest BCUT2D eigenvalue weighted by molar-refractivity contribution is 0.471. The van der Waals surface area contributed by atoms with E-state index < -0.39 is 5.82 Å². The second kappa shape index (κ2) is 3.93. The Morgan fingerprint density at radius 3 is 2.94 bits per heavy atom. The van der Waals surface area contributed by atoms with E-state index in [9.17, 15) is 9.50 Å². The quantitative estimate of drug-likeness (QED) is 0.726. The minimum Gasteiger partial charge on any atom is -0.507 e. The Hall–Kier alpha value is -2.74. The van der Waals surface area contributed by atoms with E-state index in [0.29, 0.717) is 22.7 Å². The summed E-state index contributed by atoms with van der Waals surface area (Å²) >= 11 is 0. The van der Waals surface area contributed by atoms with Crippen molar-refractivity contribution in [2.45, 2.75) is 0 Å². The molecule has 0 aliphatic carbocycles. The normalized spacial score (nSPS) is 10.3. The number of rotatable bonds is 2.